The van der Waals surface area contributed by atoms with E-state index in [0.717, 1.165) is 38.9 Å². The fraction of sp³-hybridized carbons (Fsp3) is 0.889. The molecule has 1 unspecified atom stereocenters. The molecule has 1 aliphatic carbocycles. The van der Waals surface area contributed by atoms with Crippen LogP contribution in [0.5, 0.6) is 0 Å². The molecule has 0 aromatic rings. The summed E-state index contributed by atoms with van der Waals surface area (Å²) in [5.41, 5.74) is 0. The SMILES string of the molecule is CNCC1CCCN(C(=O)CCCNC(=O)NC2CCCCC2)C1.Cl. The number of halogens is 1. The molecule has 1 heterocycles. The van der Waals surface area contributed by atoms with Crippen molar-refractivity contribution in [2.24, 2.45) is 5.92 Å². The Hall–Kier alpha value is -1.01. The number of hydrogen-bond donors (Lipinski definition) is 3. The lowest BCUT2D eigenvalue weighted by molar-refractivity contribution is -0.133. The zero-order valence-corrected chi connectivity index (χ0v) is 16.3. The van der Waals surface area contributed by atoms with E-state index >= 15 is 0 Å². The van der Waals surface area contributed by atoms with Gasteiger partial charge >= 0.3 is 6.03 Å². The van der Waals surface area contributed by atoms with Gasteiger partial charge in [0, 0.05) is 32.1 Å². The summed E-state index contributed by atoms with van der Waals surface area (Å²) < 4.78 is 0. The summed E-state index contributed by atoms with van der Waals surface area (Å²) in [6.45, 7) is 3.30. The van der Waals surface area contributed by atoms with E-state index in [2.05, 4.69) is 16.0 Å². The van der Waals surface area contributed by atoms with Gasteiger partial charge in [-0.2, -0.15) is 0 Å². The second-order valence-electron chi connectivity index (χ2n) is 7.24. The molecule has 3 N–H and O–H groups in total. The average molecular weight is 375 g/mol. The predicted octanol–water partition coefficient (Wildman–Crippen LogP) is 2.28. The van der Waals surface area contributed by atoms with Crippen LogP contribution in [0, 0.1) is 5.92 Å². The third-order valence-electron chi connectivity index (χ3n) is 5.16. The Morgan fingerprint density at radius 2 is 1.84 bits per heavy atom. The van der Waals surface area contributed by atoms with E-state index in [-0.39, 0.29) is 24.3 Å². The smallest absolute Gasteiger partial charge is 0.315 e. The summed E-state index contributed by atoms with van der Waals surface area (Å²) >= 11 is 0. The van der Waals surface area contributed by atoms with Crippen LogP contribution in [0.1, 0.15) is 57.8 Å². The van der Waals surface area contributed by atoms with E-state index in [1.54, 1.807) is 0 Å². The topological polar surface area (TPSA) is 73.5 Å². The fourth-order valence-electron chi connectivity index (χ4n) is 3.83. The molecule has 146 valence electrons. The first-order chi connectivity index (χ1) is 11.7. The molecule has 0 spiro atoms. The Morgan fingerprint density at radius 3 is 2.56 bits per heavy atom. The van der Waals surface area contributed by atoms with Crippen LogP contribution in [-0.4, -0.2) is 56.1 Å². The van der Waals surface area contributed by atoms with Gasteiger partial charge in [-0.25, -0.2) is 4.79 Å². The minimum absolute atomic E-state index is 0. The van der Waals surface area contributed by atoms with Crippen molar-refractivity contribution in [3.05, 3.63) is 0 Å². The molecule has 7 heteroatoms. The number of carbonyl (C=O) groups excluding carboxylic acids is 2. The second-order valence-corrected chi connectivity index (χ2v) is 7.24. The number of urea groups is 1. The van der Waals surface area contributed by atoms with Crippen LogP contribution in [0.3, 0.4) is 0 Å². The van der Waals surface area contributed by atoms with Gasteiger partial charge in [-0.15, -0.1) is 12.4 Å². The van der Waals surface area contributed by atoms with Crippen LogP contribution in [-0.2, 0) is 4.79 Å². The number of hydrogen-bond acceptors (Lipinski definition) is 3. The van der Waals surface area contributed by atoms with E-state index in [1.165, 1.54) is 25.7 Å². The molecule has 2 rings (SSSR count). The Balaban J connectivity index is 0.00000312. The van der Waals surface area contributed by atoms with E-state index in [4.69, 9.17) is 0 Å². The van der Waals surface area contributed by atoms with Crippen LogP contribution in [0.25, 0.3) is 0 Å². The van der Waals surface area contributed by atoms with Crippen molar-refractivity contribution in [3.63, 3.8) is 0 Å². The number of carbonyl (C=O) groups is 2. The minimum Gasteiger partial charge on any atom is -0.342 e. The molecule has 0 radical (unpaired) electrons. The zero-order valence-electron chi connectivity index (χ0n) is 15.5. The molecule has 6 nitrogen and oxygen atoms in total. The third kappa shape index (κ3) is 8.27. The Bertz CT molecular complexity index is 401. The van der Waals surface area contributed by atoms with E-state index in [9.17, 15) is 9.59 Å². The maximum atomic E-state index is 12.3. The van der Waals surface area contributed by atoms with Crippen LogP contribution < -0.4 is 16.0 Å². The van der Waals surface area contributed by atoms with Crippen LogP contribution in [0.15, 0.2) is 0 Å². The fourth-order valence-corrected chi connectivity index (χ4v) is 3.83. The van der Waals surface area contributed by atoms with Gasteiger partial charge in [0.2, 0.25) is 5.91 Å². The highest BCUT2D eigenvalue weighted by Crippen LogP contribution is 2.17. The van der Waals surface area contributed by atoms with Gasteiger partial charge in [0.25, 0.3) is 0 Å². The number of piperidine rings is 1. The van der Waals surface area contributed by atoms with Crippen molar-refractivity contribution in [2.75, 3.05) is 33.2 Å². The van der Waals surface area contributed by atoms with Crippen molar-refractivity contribution < 1.29 is 9.59 Å². The monoisotopic (exact) mass is 374 g/mol. The van der Waals surface area contributed by atoms with Gasteiger partial charge in [-0.05, 0) is 51.6 Å². The first-order valence-electron chi connectivity index (χ1n) is 9.65. The van der Waals surface area contributed by atoms with Gasteiger partial charge in [0.1, 0.15) is 0 Å². The molecule has 2 aliphatic rings. The molecule has 2 fully saturated rings. The average Bonchev–Trinajstić information content (AvgIpc) is 2.60. The summed E-state index contributed by atoms with van der Waals surface area (Å²) in [6, 6.07) is 0.249. The molecular weight excluding hydrogens is 340 g/mol. The van der Waals surface area contributed by atoms with E-state index in [0.29, 0.717) is 31.3 Å². The normalized spacial score (nSPS) is 21.3. The van der Waals surface area contributed by atoms with Crippen LogP contribution >= 0.6 is 12.4 Å². The highest BCUT2D eigenvalue weighted by molar-refractivity contribution is 5.85. The molecular formula is C18H35ClN4O2. The summed E-state index contributed by atoms with van der Waals surface area (Å²) in [7, 11) is 1.96. The summed E-state index contributed by atoms with van der Waals surface area (Å²) in [4.78, 5) is 26.1. The lowest BCUT2D eigenvalue weighted by atomic mass is 9.96. The Labute approximate surface area is 158 Å². The molecule has 1 atom stereocenters. The number of amides is 3. The Morgan fingerprint density at radius 1 is 1.08 bits per heavy atom. The second kappa shape index (κ2) is 12.4. The largest absolute Gasteiger partial charge is 0.342 e. The molecule has 25 heavy (non-hydrogen) atoms. The number of rotatable bonds is 7. The first kappa shape index (κ1) is 22.0. The molecule has 1 saturated carbocycles. The van der Waals surface area contributed by atoms with Crippen molar-refractivity contribution in [1.29, 1.82) is 0 Å². The molecule has 1 saturated heterocycles. The van der Waals surface area contributed by atoms with Crippen molar-refractivity contribution in [1.82, 2.24) is 20.9 Å². The van der Waals surface area contributed by atoms with Crippen LogP contribution in [0.2, 0.25) is 0 Å². The summed E-state index contributed by atoms with van der Waals surface area (Å²) in [5, 5.41) is 9.13. The van der Waals surface area contributed by atoms with E-state index < -0.39 is 0 Å². The first-order valence-corrected chi connectivity index (χ1v) is 9.65. The lowest BCUT2D eigenvalue weighted by Crippen LogP contribution is -2.44. The number of likely N-dealkylation sites (tertiary alicyclic amines) is 1. The number of nitrogens with one attached hydrogen (secondary N) is 3. The highest BCUT2D eigenvalue weighted by atomic mass is 35.5. The van der Waals surface area contributed by atoms with Gasteiger partial charge < -0.3 is 20.9 Å². The highest BCUT2D eigenvalue weighted by Gasteiger charge is 2.22. The lowest BCUT2D eigenvalue weighted by Gasteiger charge is -2.32. The van der Waals surface area contributed by atoms with E-state index in [1.807, 2.05) is 11.9 Å². The van der Waals surface area contributed by atoms with Gasteiger partial charge in [-0.1, -0.05) is 19.3 Å². The summed E-state index contributed by atoms with van der Waals surface area (Å²) in [5.74, 6) is 0.803. The van der Waals surface area contributed by atoms with Gasteiger partial charge in [0.15, 0.2) is 0 Å². The third-order valence-corrected chi connectivity index (χ3v) is 5.16. The maximum Gasteiger partial charge on any atom is 0.315 e. The molecule has 3 amide bonds. The number of nitrogens with zero attached hydrogens (tertiary/aromatic N) is 1. The zero-order chi connectivity index (χ0) is 17.2. The quantitative estimate of drug-likeness (QED) is 0.598. The maximum absolute atomic E-state index is 12.3. The molecule has 0 aromatic heterocycles. The minimum atomic E-state index is -0.0820. The Kier molecular flexibility index (Phi) is 10.9. The van der Waals surface area contributed by atoms with Crippen molar-refractivity contribution in [3.8, 4) is 0 Å². The van der Waals surface area contributed by atoms with Gasteiger partial charge in [0.05, 0.1) is 0 Å². The van der Waals surface area contributed by atoms with Crippen molar-refractivity contribution in [2.45, 2.75) is 63.8 Å². The predicted molar refractivity (Wildman–Crippen MR) is 103 cm³/mol. The summed E-state index contributed by atoms with van der Waals surface area (Å²) in [6.07, 6.45) is 9.43. The standard InChI is InChI=1S/C18H34N4O2.ClH/c1-19-13-15-7-6-12-22(14-15)17(23)10-5-11-20-18(24)21-16-8-3-2-4-9-16;/h15-16,19H,2-14H2,1H3,(H2,20,21,24);1H. The molecule has 0 aromatic carbocycles. The van der Waals surface area contributed by atoms with Crippen LogP contribution in [0.4, 0.5) is 4.79 Å². The van der Waals surface area contributed by atoms with Gasteiger partial charge in [-0.3, -0.25) is 4.79 Å². The molecule has 1 aliphatic heterocycles. The van der Waals surface area contributed by atoms with Crippen molar-refractivity contribution >= 4 is 24.3 Å². The molecule has 0 bridgehead atoms.